The van der Waals surface area contributed by atoms with Gasteiger partial charge in [0, 0.05) is 11.3 Å². The summed E-state index contributed by atoms with van der Waals surface area (Å²) in [7, 11) is 0. The first kappa shape index (κ1) is 15.3. The van der Waals surface area contributed by atoms with Gasteiger partial charge in [-0.3, -0.25) is 14.5 Å². The predicted molar refractivity (Wildman–Crippen MR) is 78.2 cm³/mol. The van der Waals surface area contributed by atoms with Gasteiger partial charge in [0.1, 0.15) is 0 Å². The van der Waals surface area contributed by atoms with E-state index in [1.54, 1.807) is 13.8 Å². The van der Waals surface area contributed by atoms with Gasteiger partial charge in [-0.15, -0.1) is 0 Å². The number of aromatic nitrogens is 4. The van der Waals surface area contributed by atoms with Gasteiger partial charge >= 0.3 is 6.18 Å². The molecule has 0 saturated carbocycles. The van der Waals surface area contributed by atoms with Crippen molar-refractivity contribution in [3.63, 3.8) is 0 Å². The fourth-order valence-corrected chi connectivity index (χ4v) is 2.53. The molecular formula is C15H13F3N4O. The van der Waals surface area contributed by atoms with Crippen molar-refractivity contribution in [2.75, 3.05) is 0 Å². The minimum Gasteiger partial charge on any atom is -0.294 e. The molecule has 0 radical (unpaired) electrons. The fraction of sp³-hybridized carbons (Fsp3) is 0.267. The summed E-state index contributed by atoms with van der Waals surface area (Å²) in [6, 6.07) is 3.53. The maximum Gasteiger partial charge on any atom is 0.417 e. The fourth-order valence-electron chi connectivity index (χ4n) is 2.53. The zero-order valence-corrected chi connectivity index (χ0v) is 12.4. The van der Waals surface area contributed by atoms with E-state index in [2.05, 4.69) is 15.2 Å². The Morgan fingerprint density at radius 1 is 1.26 bits per heavy atom. The number of nitrogens with zero attached hydrogens (tertiary/aromatic N) is 3. The van der Waals surface area contributed by atoms with Gasteiger partial charge in [-0.2, -0.15) is 18.3 Å². The van der Waals surface area contributed by atoms with Crippen LogP contribution in [0.15, 0.2) is 29.3 Å². The number of hydrogen-bond donors (Lipinski definition) is 1. The first-order valence-electron chi connectivity index (χ1n) is 6.85. The molecule has 1 N–H and O–H groups in total. The van der Waals surface area contributed by atoms with Gasteiger partial charge in [-0.05, 0) is 26.0 Å². The molecule has 3 aromatic rings. The Labute approximate surface area is 128 Å². The summed E-state index contributed by atoms with van der Waals surface area (Å²) < 4.78 is 40.6. The van der Waals surface area contributed by atoms with E-state index in [-0.39, 0.29) is 12.1 Å². The molecule has 3 rings (SSSR count). The molecule has 5 nitrogen and oxygen atoms in total. The number of H-pyrrole nitrogens is 1. The third kappa shape index (κ3) is 2.60. The van der Waals surface area contributed by atoms with Crippen LogP contribution in [0.4, 0.5) is 13.2 Å². The predicted octanol–water partition coefficient (Wildman–Crippen LogP) is 2.80. The van der Waals surface area contributed by atoms with Crippen molar-refractivity contribution >= 4 is 10.9 Å². The van der Waals surface area contributed by atoms with Crippen LogP contribution in [0.2, 0.25) is 0 Å². The first-order valence-corrected chi connectivity index (χ1v) is 6.85. The molecule has 0 bridgehead atoms. The lowest BCUT2D eigenvalue weighted by molar-refractivity contribution is -0.136. The van der Waals surface area contributed by atoms with Gasteiger partial charge in [0.2, 0.25) is 0 Å². The molecule has 0 aliphatic heterocycles. The van der Waals surface area contributed by atoms with Crippen LogP contribution in [0.1, 0.15) is 22.5 Å². The minimum absolute atomic E-state index is 0.0294. The second-order valence-corrected chi connectivity index (χ2v) is 5.29. The highest BCUT2D eigenvalue weighted by Gasteiger charge is 2.34. The van der Waals surface area contributed by atoms with Crippen LogP contribution in [0.5, 0.6) is 0 Å². The highest BCUT2D eigenvalue weighted by Crippen LogP contribution is 2.32. The first-order chi connectivity index (χ1) is 10.8. The minimum atomic E-state index is -4.61. The lowest BCUT2D eigenvalue weighted by Gasteiger charge is -2.12. The summed E-state index contributed by atoms with van der Waals surface area (Å²) in [6.45, 7) is 3.66. The van der Waals surface area contributed by atoms with E-state index in [1.807, 2.05) is 0 Å². The van der Waals surface area contributed by atoms with Crippen molar-refractivity contribution < 1.29 is 13.2 Å². The summed E-state index contributed by atoms with van der Waals surface area (Å²) in [6.07, 6.45) is -3.35. The van der Waals surface area contributed by atoms with Crippen LogP contribution < -0.4 is 5.56 Å². The van der Waals surface area contributed by atoms with E-state index < -0.39 is 22.7 Å². The van der Waals surface area contributed by atoms with Crippen LogP contribution in [0.25, 0.3) is 10.9 Å². The molecule has 0 saturated heterocycles. The number of fused-ring (bicyclic) bond motifs is 1. The lowest BCUT2D eigenvalue weighted by Crippen LogP contribution is -2.24. The topological polar surface area (TPSA) is 63.6 Å². The number of hydrogen-bond acceptors (Lipinski definition) is 3. The van der Waals surface area contributed by atoms with Crippen molar-refractivity contribution in [2.24, 2.45) is 0 Å². The van der Waals surface area contributed by atoms with E-state index >= 15 is 0 Å². The number of benzene rings is 1. The third-order valence-corrected chi connectivity index (χ3v) is 3.77. The Bertz CT molecular complexity index is 921. The Morgan fingerprint density at radius 2 is 2.00 bits per heavy atom. The molecule has 23 heavy (non-hydrogen) atoms. The van der Waals surface area contributed by atoms with Gasteiger partial charge in [-0.25, -0.2) is 4.98 Å². The molecule has 1 aromatic carbocycles. The third-order valence-electron chi connectivity index (χ3n) is 3.77. The van der Waals surface area contributed by atoms with Crippen molar-refractivity contribution in [3.05, 3.63) is 57.4 Å². The molecule has 8 heteroatoms. The normalized spacial score (nSPS) is 12.0. The monoisotopic (exact) mass is 322 g/mol. The van der Waals surface area contributed by atoms with Crippen molar-refractivity contribution in [1.82, 2.24) is 19.7 Å². The molecule has 0 aliphatic carbocycles. The Hall–Kier alpha value is -2.64. The average molecular weight is 322 g/mol. The number of rotatable bonds is 2. The van der Waals surface area contributed by atoms with E-state index in [0.717, 1.165) is 17.3 Å². The van der Waals surface area contributed by atoms with Crippen molar-refractivity contribution in [2.45, 2.75) is 26.6 Å². The van der Waals surface area contributed by atoms with Crippen LogP contribution >= 0.6 is 0 Å². The molecule has 0 atom stereocenters. The van der Waals surface area contributed by atoms with Gasteiger partial charge in [-0.1, -0.05) is 6.07 Å². The summed E-state index contributed by atoms with van der Waals surface area (Å²) in [5.41, 5.74) is 0.557. The number of nitrogens with one attached hydrogen (secondary N) is 1. The Morgan fingerprint density at radius 3 is 2.61 bits per heavy atom. The smallest absolute Gasteiger partial charge is 0.294 e. The van der Waals surface area contributed by atoms with Crippen molar-refractivity contribution in [1.29, 1.82) is 0 Å². The zero-order chi connectivity index (χ0) is 16.8. The van der Waals surface area contributed by atoms with E-state index in [9.17, 15) is 18.0 Å². The van der Waals surface area contributed by atoms with E-state index in [0.29, 0.717) is 5.69 Å². The number of aromatic amines is 1. The Balaban J connectivity index is 2.21. The molecule has 120 valence electrons. The molecule has 2 heterocycles. The summed E-state index contributed by atoms with van der Waals surface area (Å²) in [5.74, 6) is 0. The lowest BCUT2D eigenvalue weighted by atomic mass is 10.1. The molecule has 0 amide bonds. The Kier molecular flexibility index (Phi) is 3.46. The SMILES string of the molecule is Cc1n[nH]c(C)c1Cn1cnc2cccc(C(F)(F)F)c2c1=O. The highest BCUT2D eigenvalue weighted by molar-refractivity contribution is 5.81. The van der Waals surface area contributed by atoms with Crippen molar-refractivity contribution in [3.8, 4) is 0 Å². The van der Waals surface area contributed by atoms with Crippen LogP contribution in [-0.2, 0) is 12.7 Å². The number of halogens is 3. The van der Waals surface area contributed by atoms with Gasteiger partial charge in [0.25, 0.3) is 5.56 Å². The maximum absolute atomic E-state index is 13.1. The summed E-state index contributed by atoms with van der Waals surface area (Å²) >= 11 is 0. The van der Waals surface area contributed by atoms with Gasteiger partial charge in [0.05, 0.1) is 35.0 Å². The molecular weight excluding hydrogens is 309 g/mol. The second kappa shape index (κ2) is 5.22. The number of aryl methyl sites for hydroxylation is 2. The summed E-state index contributed by atoms with van der Waals surface area (Å²) in [4.78, 5) is 16.5. The molecule has 0 aliphatic rings. The van der Waals surface area contributed by atoms with Crippen LogP contribution in [-0.4, -0.2) is 19.7 Å². The van der Waals surface area contributed by atoms with Crippen LogP contribution in [0.3, 0.4) is 0 Å². The zero-order valence-electron chi connectivity index (χ0n) is 12.4. The molecule has 0 spiro atoms. The summed E-state index contributed by atoms with van der Waals surface area (Å²) in [5, 5.41) is 6.39. The van der Waals surface area contributed by atoms with Crippen LogP contribution in [0, 0.1) is 13.8 Å². The van der Waals surface area contributed by atoms with E-state index in [4.69, 9.17) is 0 Å². The molecule has 2 aromatic heterocycles. The second-order valence-electron chi connectivity index (χ2n) is 5.29. The number of alkyl halides is 3. The highest BCUT2D eigenvalue weighted by atomic mass is 19.4. The van der Waals surface area contributed by atoms with Gasteiger partial charge in [0.15, 0.2) is 0 Å². The van der Waals surface area contributed by atoms with Gasteiger partial charge < -0.3 is 0 Å². The molecule has 0 fully saturated rings. The largest absolute Gasteiger partial charge is 0.417 e. The average Bonchev–Trinajstić information content (AvgIpc) is 2.80. The quantitative estimate of drug-likeness (QED) is 0.789. The standard InChI is InChI=1S/C15H13F3N4O/c1-8-10(9(2)21-20-8)6-22-7-19-12-5-3-4-11(15(16,17)18)13(12)14(22)23/h3-5,7H,6H2,1-2H3,(H,20,21). The maximum atomic E-state index is 13.1. The van der Waals surface area contributed by atoms with E-state index in [1.165, 1.54) is 23.0 Å². The molecule has 0 unspecified atom stereocenters.